The fraction of sp³-hybridized carbons (Fsp3) is 0.600. The second kappa shape index (κ2) is 3.94. The maximum absolute atomic E-state index is 5.78. The molecule has 3 heteroatoms. The summed E-state index contributed by atoms with van der Waals surface area (Å²) >= 11 is 0. The van der Waals surface area contributed by atoms with Crippen LogP contribution in [0.25, 0.3) is 0 Å². The highest BCUT2D eigenvalue weighted by Gasteiger charge is 2.21. The van der Waals surface area contributed by atoms with E-state index < -0.39 is 0 Å². The van der Waals surface area contributed by atoms with Gasteiger partial charge in [-0.2, -0.15) is 0 Å². The Hall–Kier alpha value is -0.800. The zero-order valence-corrected chi connectivity index (χ0v) is 7.61. The Bertz CT molecular complexity index is 245. The molecule has 1 fully saturated rings. The fourth-order valence-corrected chi connectivity index (χ4v) is 1.71. The van der Waals surface area contributed by atoms with E-state index in [1.54, 1.807) is 12.5 Å². The average molecular weight is 181 g/mol. The van der Waals surface area contributed by atoms with Crippen molar-refractivity contribution in [1.82, 2.24) is 0 Å². The number of hydrogen-bond acceptors (Lipinski definition) is 3. The van der Waals surface area contributed by atoms with Gasteiger partial charge in [-0.25, -0.2) is 0 Å². The van der Waals surface area contributed by atoms with Crippen LogP contribution in [0.2, 0.25) is 0 Å². The first-order valence-electron chi connectivity index (χ1n) is 4.73. The first-order chi connectivity index (χ1) is 6.34. The Morgan fingerprint density at radius 1 is 1.54 bits per heavy atom. The van der Waals surface area contributed by atoms with E-state index >= 15 is 0 Å². The van der Waals surface area contributed by atoms with Crippen LogP contribution in [-0.4, -0.2) is 12.1 Å². The molecule has 1 aliphatic carbocycles. The highest BCUT2D eigenvalue weighted by molar-refractivity contribution is 5.03. The van der Waals surface area contributed by atoms with Crippen LogP contribution in [-0.2, 0) is 11.3 Å². The van der Waals surface area contributed by atoms with Crippen molar-refractivity contribution in [3.05, 3.63) is 24.2 Å². The molecule has 2 unspecified atom stereocenters. The van der Waals surface area contributed by atoms with Crippen molar-refractivity contribution in [2.75, 3.05) is 0 Å². The molecule has 0 amide bonds. The Morgan fingerprint density at radius 2 is 2.46 bits per heavy atom. The summed E-state index contributed by atoms with van der Waals surface area (Å²) in [5, 5.41) is 0. The van der Waals surface area contributed by atoms with Crippen molar-refractivity contribution < 1.29 is 9.15 Å². The summed E-state index contributed by atoms with van der Waals surface area (Å²) in [7, 11) is 0. The van der Waals surface area contributed by atoms with Crippen LogP contribution in [0.1, 0.15) is 24.8 Å². The van der Waals surface area contributed by atoms with Gasteiger partial charge in [0, 0.05) is 11.6 Å². The molecule has 1 aromatic heterocycles. The van der Waals surface area contributed by atoms with Crippen LogP contribution >= 0.6 is 0 Å². The van der Waals surface area contributed by atoms with Gasteiger partial charge in [-0.05, 0) is 25.3 Å². The third-order valence-electron chi connectivity index (χ3n) is 2.49. The van der Waals surface area contributed by atoms with Gasteiger partial charge < -0.3 is 14.9 Å². The Balaban J connectivity index is 1.74. The first kappa shape index (κ1) is 8.78. The van der Waals surface area contributed by atoms with Gasteiger partial charge in [0.2, 0.25) is 0 Å². The van der Waals surface area contributed by atoms with E-state index in [-0.39, 0.29) is 0 Å². The molecule has 1 heterocycles. The zero-order chi connectivity index (χ0) is 9.10. The maximum Gasteiger partial charge on any atom is 0.0957 e. The SMILES string of the molecule is NC1CCC(OCc2ccoc2)C1. The minimum absolute atomic E-state index is 0.342. The number of ether oxygens (including phenoxy) is 1. The number of nitrogens with two attached hydrogens (primary N) is 1. The molecule has 2 rings (SSSR count). The molecular formula is C10H15NO2. The highest BCUT2D eigenvalue weighted by atomic mass is 16.5. The van der Waals surface area contributed by atoms with E-state index in [0.717, 1.165) is 24.8 Å². The topological polar surface area (TPSA) is 48.4 Å². The lowest BCUT2D eigenvalue weighted by Crippen LogP contribution is -2.17. The summed E-state index contributed by atoms with van der Waals surface area (Å²) < 4.78 is 10.6. The van der Waals surface area contributed by atoms with Crippen LogP contribution < -0.4 is 5.73 Å². The molecule has 13 heavy (non-hydrogen) atoms. The van der Waals surface area contributed by atoms with E-state index in [0.29, 0.717) is 18.8 Å². The van der Waals surface area contributed by atoms with Crippen molar-refractivity contribution in [1.29, 1.82) is 0 Å². The predicted octanol–water partition coefficient (Wildman–Crippen LogP) is 1.68. The predicted molar refractivity (Wildman–Crippen MR) is 49.1 cm³/mol. The minimum Gasteiger partial charge on any atom is -0.472 e. The minimum atomic E-state index is 0.342. The molecule has 0 bridgehead atoms. The molecule has 1 saturated carbocycles. The second-order valence-electron chi connectivity index (χ2n) is 3.64. The largest absolute Gasteiger partial charge is 0.472 e. The molecule has 1 aromatic rings. The maximum atomic E-state index is 5.78. The van der Waals surface area contributed by atoms with Crippen LogP contribution in [0.4, 0.5) is 0 Å². The van der Waals surface area contributed by atoms with E-state index in [9.17, 15) is 0 Å². The molecule has 1 aliphatic rings. The summed E-state index contributed by atoms with van der Waals surface area (Å²) in [6, 6.07) is 2.27. The fourth-order valence-electron chi connectivity index (χ4n) is 1.71. The van der Waals surface area contributed by atoms with Crippen LogP contribution in [0.3, 0.4) is 0 Å². The number of furan rings is 1. The van der Waals surface area contributed by atoms with Crippen LogP contribution in [0.15, 0.2) is 23.0 Å². The normalized spacial score (nSPS) is 28.1. The lowest BCUT2D eigenvalue weighted by molar-refractivity contribution is 0.0446. The van der Waals surface area contributed by atoms with Gasteiger partial charge in [0.15, 0.2) is 0 Å². The van der Waals surface area contributed by atoms with E-state index in [1.165, 1.54) is 0 Å². The van der Waals surface area contributed by atoms with Gasteiger partial charge in [-0.15, -0.1) is 0 Å². The lowest BCUT2D eigenvalue weighted by atomic mass is 10.3. The summed E-state index contributed by atoms with van der Waals surface area (Å²) in [5.74, 6) is 0. The molecule has 2 N–H and O–H groups in total. The first-order valence-corrected chi connectivity index (χ1v) is 4.73. The average Bonchev–Trinajstić information content (AvgIpc) is 2.71. The Kier molecular flexibility index (Phi) is 2.66. The number of hydrogen-bond donors (Lipinski definition) is 1. The smallest absolute Gasteiger partial charge is 0.0957 e. The molecule has 3 nitrogen and oxygen atoms in total. The Labute approximate surface area is 77.9 Å². The molecule has 0 saturated heterocycles. The van der Waals surface area contributed by atoms with Gasteiger partial charge in [0.25, 0.3) is 0 Å². The molecule has 2 atom stereocenters. The summed E-state index contributed by atoms with van der Waals surface area (Å²) in [6.45, 7) is 0.647. The molecule has 72 valence electrons. The molecule has 0 aliphatic heterocycles. The third-order valence-corrected chi connectivity index (χ3v) is 2.49. The van der Waals surface area contributed by atoms with E-state index in [1.807, 2.05) is 6.07 Å². The van der Waals surface area contributed by atoms with Crippen molar-refractivity contribution in [3.63, 3.8) is 0 Å². The third kappa shape index (κ3) is 2.32. The highest BCUT2D eigenvalue weighted by Crippen LogP contribution is 2.21. The van der Waals surface area contributed by atoms with Gasteiger partial charge in [-0.3, -0.25) is 0 Å². The van der Waals surface area contributed by atoms with E-state index in [4.69, 9.17) is 14.9 Å². The van der Waals surface area contributed by atoms with Crippen molar-refractivity contribution >= 4 is 0 Å². The van der Waals surface area contributed by atoms with E-state index in [2.05, 4.69) is 0 Å². The summed E-state index contributed by atoms with van der Waals surface area (Å²) in [4.78, 5) is 0. The molecular weight excluding hydrogens is 166 g/mol. The van der Waals surface area contributed by atoms with Gasteiger partial charge in [0.1, 0.15) is 0 Å². The Morgan fingerprint density at radius 3 is 3.08 bits per heavy atom. The molecule has 0 spiro atoms. The summed E-state index contributed by atoms with van der Waals surface area (Å²) in [5.41, 5.74) is 6.87. The lowest BCUT2D eigenvalue weighted by Gasteiger charge is -2.09. The zero-order valence-electron chi connectivity index (χ0n) is 7.61. The number of rotatable bonds is 3. The van der Waals surface area contributed by atoms with Crippen molar-refractivity contribution in [3.8, 4) is 0 Å². The monoisotopic (exact) mass is 181 g/mol. The standard InChI is InChI=1S/C10H15NO2/c11-9-1-2-10(5-9)13-7-8-3-4-12-6-8/h3-4,6,9-10H,1-2,5,7,11H2. The van der Waals surface area contributed by atoms with Crippen LogP contribution in [0.5, 0.6) is 0 Å². The second-order valence-corrected chi connectivity index (χ2v) is 3.64. The molecule has 0 aromatic carbocycles. The van der Waals surface area contributed by atoms with Crippen molar-refractivity contribution in [2.24, 2.45) is 5.73 Å². The molecule has 0 radical (unpaired) electrons. The quantitative estimate of drug-likeness (QED) is 0.771. The van der Waals surface area contributed by atoms with Crippen LogP contribution in [0, 0.1) is 0 Å². The van der Waals surface area contributed by atoms with Gasteiger partial charge in [0.05, 0.1) is 25.2 Å². The van der Waals surface area contributed by atoms with Gasteiger partial charge in [-0.1, -0.05) is 0 Å². The van der Waals surface area contributed by atoms with Crippen molar-refractivity contribution in [2.45, 2.75) is 38.0 Å². The van der Waals surface area contributed by atoms with Gasteiger partial charge >= 0.3 is 0 Å². The summed E-state index contributed by atoms with van der Waals surface area (Å²) in [6.07, 6.45) is 6.92.